The number of hydrogen-bond acceptors (Lipinski definition) is 0. The molecule has 86 valence electrons. The van der Waals surface area contributed by atoms with E-state index < -0.39 is 0 Å². The fraction of sp³-hybridized carbons (Fsp3) is 0.600. The van der Waals surface area contributed by atoms with Crippen molar-refractivity contribution in [3.63, 3.8) is 0 Å². The van der Waals surface area contributed by atoms with Crippen LogP contribution in [-0.4, -0.2) is 5.88 Å². The first-order valence-corrected chi connectivity index (χ1v) is 7.09. The standard InChI is InChI=1S/C15H19Cl/c16-10-15(12-6-7-12)14-8-5-11-3-1-2-4-13(11)9-14/h5,8-9,12,15H,1-4,6-7,10H2. The number of rotatable bonds is 3. The van der Waals surface area contributed by atoms with Gasteiger partial charge in [0.2, 0.25) is 0 Å². The predicted octanol–water partition coefficient (Wildman–Crippen LogP) is 4.30. The van der Waals surface area contributed by atoms with Gasteiger partial charge in [0, 0.05) is 11.8 Å². The maximum Gasteiger partial charge on any atom is 0.0294 e. The van der Waals surface area contributed by atoms with Gasteiger partial charge in [-0.15, -0.1) is 11.6 Å². The third-order valence-corrected chi connectivity index (χ3v) is 4.49. The first-order valence-electron chi connectivity index (χ1n) is 6.56. The van der Waals surface area contributed by atoms with Gasteiger partial charge in [-0.2, -0.15) is 0 Å². The summed E-state index contributed by atoms with van der Waals surface area (Å²) in [5, 5.41) is 0. The molecule has 0 heterocycles. The number of hydrogen-bond donors (Lipinski definition) is 0. The van der Waals surface area contributed by atoms with Crippen molar-refractivity contribution in [2.24, 2.45) is 5.92 Å². The molecule has 3 rings (SSSR count). The summed E-state index contributed by atoms with van der Waals surface area (Å²) in [5.74, 6) is 2.29. The molecule has 1 heteroatoms. The van der Waals surface area contributed by atoms with Crippen LogP contribution in [0.25, 0.3) is 0 Å². The lowest BCUT2D eigenvalue weighted by atomic mass is 9.87. The number of halogens is 1. The molecule has 2 aliphatic rings. The summed E-state index contributed by atoms with van der Waals surface area (Å²) in [4.78, 5) is 0. The highest BCUT2D eigenvalue weighted by atomic mass is 35.5. The summed E-state index contributed by atoms with van der Waals surface area (Å²) in [7, 11) is 0. The smallest absolute Gasteiger partial charge is 0.0294 e. The van der Waals surface area contributed by atoms with Crippen molar-refractivity contribution >= 4 is 11.6 Å². The van der Waals surface area contributed by atoms with Crippen LogP contribution in [0.3, 0.4) is 0 Å². The number of aryl methyl sites for hydroxylation is 2. The van der Waals surface area contributed by atoms with Crippen LogP contribution in [0.15, 0.2) is 18.2 Å². The van der Waals surface area contributed by atoms with E-state index in [0.29, 0.717) is 5.92 Å². The van der Waals surface area contributed by atoms with Crippen molar-refractivity contribution in [2.75, 3.05) is 5.88 Å². The van der Waals surface area contributed by atoms with Crippen molar-refractivity contribution in [3.8, 4) is 0 Å². The molecule has 0 amide bonds. The minimum absolute atomic E-state index is 0.619. The molecule has 0 aliphatic heterocycles. The average Bonchev–Trinajstić information content (AvgIpc) is 3.14. The molecule has 1 unspecified atom stereocenters. The zero-order valence-corrected chi connectivity index (χ0v) is 10.5. The van der Waals surface area contributed by atoms with E-state index in [1.165, 1.54) is 44.1 Å². The molecule has 0 spiro atoms. The summed E-state index contributed by atoms with van der Waals surface area (Å²) < 4.78 is 0. The Balaban J connectivity index is 1.89. The SMILES string of the molecule is ClCC(c1ccc2c(c1)CCCC2)C1CC1. The van der Waals surface area contributed by atoms with Gasteiger partial charge in [-0.25, -0.2) is 0 Å². The van der Waals surface area contributed by atoms with Crippen LogP contribution in [0, 0.1) is 5.92 Å². The zero-order chi connectivity index (χ0) is 11.0. The van der Waals surface area contributed by atoms with Gasteiger partial charge in [-0.1, -0.05) is 18.2 Å². The van der Waals surface area contributed by atoms with Crippen LogP contribution in [0.4, 0.5) is 0 Å². The van der Waals surface area contributed by atoms with Crippen molar-refractivity contribution < 1.29 is 0 Å². The van der Waals surface area contributed by atoms with E-state index in [9.17, 15) is 0 Å². The molecule has 1 aromatic carbocycles. The van der Waals surface area contributed by atoms with E-state index in [2.05, 4.69) is 18.2 Å². The molecule has 1 fully saturated rings. The molecule has 1 aromatic rings. The molecule has 16 heavy (non-hydrogen) atoms. The Labute approximate surface area is 103 Å². The molecule has 0 N–H and O–H groups in total. The van der Waals surface area contributed by atoms with Gasteiger partial charge in [0.25, 0.3) is 0 Å². The van der Waals surface area contributed by atoms with Crippen molar-refractivity contribution in [3.05, 3.63) is 34.9 Å². The third-order valence-electron chi connectivity index (χ3n) is 4.16. The van der Waals surface area contributed by atoms with Crippen LogP contribution in [0.5, 0.6) is 0 Å². The Hall–Kier alpha value is -0.490. The zero-order valence-electron chi connectivity index (χ0n) is 9.71. The van der Waals surface area contributed by atoms with Gasteiger partial charge >= 0.3 is 0 Å². The summed E-state index contributed by atoms with van der Waals surface area (Å²) in [6.07, 6.45) is 8.07. The Morgan fingerprint density at radius 1 is 1.12 bits per heavy atom. The molecule has 0 aromatic heterocycles. The Bertz CT molecular complexity index is 379. The lowest BCUT2D eigenvalue weighted by Gasteiger charge is -2.20. The maximum absolute atomic E-state index is 6.12. The van der Waals surface area contributed by atoms with Gasteiger partial charge in [-0.3, -0.25) is 0 Å². The van der Waals surface area contributed by atoms with Gasteiger partial charge in [0.15, 0.2) is 0 Å². The highest BCUT2D eigenvalue weighted by Gasteiger charge is 2.31. The lowest BCUT2D eigenvalue weighted by Crippen LogP contribution is -2.07. The molecule has 1 atom stereocenters. The molecule has 0 saturated heterocycles. The first kappa shape index (κ1) is 10.7. The largest absolute Gasteiger partial charge is 0.126 e. The fourth-order valence-corrected chi connectivity index (χ4v) is 3.40. The third kappa shape index (κ3) is 2.00. The van der Waals surface area contributed by atoms with Crippen LogP contribution < -0.4 is 0 Å². The highest BCUT2D eigenvalue weighted by Crippen LogP contribution is 2.43. The number of alkyl halides is 1. The molecule has 2 aliphatic carbocycles. The molecular weight excluding hydrogens is 216 g/mol. The van der Waals surface area contributed by atoms with E-state index in [4.69, 9.17) is 11.6 Å². The Morgan fingerprint density at radius 3 is 2.56 bits per heavy atom. The summed E-state index contributed by atoms with van der Waals surface area (Å²) in [6, 6.07) is 7.13. The average molecular weight is 235 g/mol. The second-order valence-corrected chi connectivity index (χ2v) is 5.64. The van der Waals surface area contributed by atoms with Crippen molar-refractivity contribution in [1.29, 1.82) is 0 Å². The molecule has 0 radical (unpaired) electrons. The van der Waals surface area contributed by atoms with Crippen LogP contribution in [-0.2, 0) is 12.8 Å². The monoisotopic (exact) mass is 234 g/mol. The van der Waals surface area contributed by atoms with E-state index in [1.807, 2.05) is 0 Å². The number of benzene rings is 1. The lowest BCUT2D eigenvalue weighted by molar-refractivity contribution is 0.656. The second kappa shape index (κ2) is 4.41. The first-order chi connectivity index (χ1) is 7.88. The fourth-order valence-electron chi connectivity index (χ4n) is 2.97. The van der Waals surface area contributed by atoms with Gasteiger partial charge in [0.1, 0.15) is 0 Å². The molecular formula is C15H19Cl. The van der Waals surface area contributed by atoms with E-state index >= 15 is 0 Å². The minimum atomic E-state index is 0.619. The van der Waals surface area contributed by atoms with Crippen molar-refractivity contribution in [2.45, 2.75) is 44.4 Å². The minimum Gasteiger partial charge on any atom is -0.126 e. The van der Waals surface area contributed by atoms with Crippen LogP contribution >= 0.6 is 11.6 Å². The number of fused-ring (bicyclic) bond motifs is 1. The van der Waals surface area contributed by atoms with Crippen molar-refractivity contribution in [1.82, 2.24) is 0 Å². The summed E-state index contributed by atoms with van der Waals surface area (Å²) in [6.45, 7) is 0. The van der Waals surface area contributed by atoms with Crippen LogP contribution in [0.1, 0.15) is 48.3 Å². The highest BCUT2D eigenvalue weighted by molar-refractivity contribution is 6.18. The maximum atomic E-state index is 6.12. The van der Waals surface area contributed by atoms with Gasteiger partial charge in [0.05, 0.1) is 0 Å². The predicted molar refractivity (Wildman–Crippen MR) is 69.3 cm³/mol. The molecule has 0 nitrogen and oxygen atoms in total. The van der Waals surface area contributed by atoms with Gasteiger partial charge < -0.3 is 0 Å². The Kier molecular flexibility index (Phi) is 2.93. The molecule has 0 bridgehead atoms. The quantitative estimate of drug-likeness (QED) is 0.685. The summed E-state index contributed by atoms with van der Waals surface area (Å²) >= 11 is 6.12. The van der Waals surface area contributed by atoms with E-state index in [-0.39, 0.29) is 0 Å². The van der Waals surface area contributed by atoms with Crippen LogP contribution in [0.2, 0.25) is 0 Å². The Morgan fingerprint density at radius 2 is 1.88 bits per heavy atom. The van der Waals surface area contributed by atoms with E-state index in [0.717, 1.165) is 11.8 Å². The van der Waals surface area contributed by atoms with E-state index in [1.54, 1.807) is 11.1 Å². The second-order valence-electron chi connectivity index (χ2n) is 5.33. The van der Waals surface area contributed by atoms with Gasteiger partial charge in [-0.05, 0) is 61.1 Å². The topological polar surface area (TPSA) is 0 Å². The molecule has 1 saturated carbocycles. The normalized spacial score (nSPS) is 21.6. The summed E-state index contributed by atoms with van der Waals surface area (Å²) in [5.41, 5.74) is 4.68.